The standard InChI is InChI=1S/C20H16F3N3O3/c1-12-17(11-29-26-12)19(28)25-24-18(27)16-5-3-2-4-14(16)10-13-6-8-15(9-7-13)20(21,22)23/h2-9,11H,10H2,1H3,(H,24,27)(H,25,28). The number of rotatable bonds is 4. The summed E-state index contributed by atoms with van der Waals surface area (Å²) in [6.07, 6.45) is -2.99. The minimum atomic E-state index is -4.41. The van der Waals surface area contributed by atoms with Crippen molar-refractivity contribution < 1.29 is 27.3 Å². The molecule has 0 unspecified atom stereocenters. The third-order valence-corrected chi connectivity index (χ3v) is 4.22. The van der Waals surface area contributed by atoms with Gasteiger partial charge in [-0.05, 0) is 42.7 Å². The number of aryl methyl sites for hydroxylation is 1. The van der Waals surface area contributed by atoms with Crippen LogP contribution in [0.5, 0.6) is 0 Å². The first-order valence-corrected chi connectivity index (χ1v) is 8.51. The van der Waals surface area contributed by atoms with Crippen LogP contribution >= 0.6 is 0 Å². The zero-order chi connectivity index (χ0) is 21.0. The normalized spacial score (nSPS) is 11.2. The van der Waals surface area contributed by atoms with E-state index in [4.69, 9.17) is 0 Å². The molecule has 1 aromatic heterocycles. The van der Waals surface area contributed by atoms with E-state index in [1.54, 1.807) is 31.2 Å². The molecule has 0 radical (unpaired) electrons. The van der Waals surface area contributed by atoms with Gasteiger partial charge in [0.1, 0.15) is 11.8 Å². The minimum Gasteiger partial charge on any atom is -0.364 e. The molecule has 3 aromatic rings. The van der Waals surface area contributed by atoms with Crippen molar-refractivity contribution in [2.45, 2.75) is 19.5 Å². The second-order valence-electron chi connectivity index (χ2n) is 6.25. The van der Waals surface area contributed by atoms with E-state index < -0.39 is 23.6 Å². The van der Waals surface area contributed by atoms with Crippen LogP contribution in [0.15, 0.2) is 59.3 Å². The molecule has 6 nitrogen and oxygen atoms in total. The summed E-state index contributed by atoms with van der Waals surface area (Å²) in [6.45, 7) is 1.58. The summed E-state index contributed by atoms with van der Waals surface area (Å²) in [6, 6.07) is 11.4. The molecule has 2 aromatic carbocycles. The summed E-state index contributed by atoms with van der Waals surface area (Å²) in [7, 11) is 0. The second kappa shape index (κ2) is 8.17. The number of carbonyl (C=O) groups excluding carboxylic acids is 2. The molecule has 9 heteroatoms. The van der Waals surface area contributed by atoms with Gasteiger partial charge in [-0.3, -0.25) is 20.4 Å². The molecule has 3 rings (SSSR count). The molecule has 2 N–H and O–H groups in total. The van der Waals surface area contributed by atoms with Gasteiger partial charge < -0.3 is 4.52 Å². The van der Waals surface area contributed by atoms with Crippen molar-refractivity contribution in [3.05, 3.63) is 88.3 Å². The smallest absolute Gasteiger partial charge is 0.364 e. The lowest BCUT2D eigenvalue weighted by molar-refractivity contribution is -0.137. The van der Waals surface area contributed by atoms with Gasteiger partial charge in [-0.25, -0.2) is 0 Å². The summed E-state index contributed by atoms with van der Waals surface area (Å²) in [5.41, 5.74) is 5.91. The molecule has 0 saturated carbocycles. The zero-order valence-corrected chi connectivity index (χ0v) is 15.2. The van der Waals surface area contributed by atoms with Crippen molar-refractivity contribution in [1.82, 2.24) is 16.0 Å². The van der Waals surface area contributed by atoms with Crippen molar-refractivity contribution in [1.29, 1.82) is 0 Å². The number of benzene rings is 2. The highest BCUT2D eigenvalue weighted by atomic mass is 19.4. The Labute approximate surface area is 163 Å². The van der Waals surface area contributed by atoms with E-state index in [-0.39, 0.29) is 17.5 Å². The summed E-state index contributed by atoms with van der Waals surface area (Å²) >= 11 is 0. The quantitative estimate of drug-likeness (QED) is 0.651. The minimum absolute atomic E-state index is 0.184. The van der Waals surface area contributed by atoms with Crippen molar-refractivity contribution in [2.24, 2.45) is 0 Å². The molecule has 0 bridgehead atoms. The number of amides is 2. The lowest BCUT2D eigenvalue weighted by Crippen LogP contribution is -2.42. The van der Waals surface area contributed by atoms with Crippen LogP contribution in [0.3, 0.4) is 0 Å². The van der Waals surface area contributed by atoms with Crippen LogP contribution in [0.2, 0.25) is 0 Å². The van der Waals surface area contributed by atoms with Crippen molar-refractivity contribution in [3.8, 4) is 0 Å². The maximum atomic E-state index is 12.7. The van der Waals surface area contributed by atoms with E-state index in [1.807, 2.05) is 0 Å². The molecule has 2 amide bonds. The third-order valence-electron chi connectivity index (χ3n) is 4.22. The van der Waals surface area contributed by atoms with Gasteiger partial charge in [0, 0.05) is 5.56 Å². The van der Waals surface area contributed by atoms with Gasteiger partial charge in [-0.15, -0.1) is 0 Å². The van der Waals surface area contributed by atoms with Crippen LogP contribution < -0.4 is 10.9 Å². The Hall–Kier alpha value is -3.62. The first-order valence-electron chi connectivity index (χ1n) is 8.51. The number of nitrogens with zero attached hydrogens (tertiary/aromatic N) is 1. The lowest BCUT2D eigenvalue weighted by Gasteiger charge is -2.12. The summed E-state index contributed by atoms with van der Waals surface area (Å²) in [5.74, 6) is -1.15. The number of hydrazine groups is 1. The fraction of sp³-hybridized carbons (Fsp3) is 0.150. The molecule has 0 aliphatic rings. The number of alkyl halides is 3. The molecular formula is C20H16F3N3O3. The van der Waals surface area contributed by atoms with E-state index in [9.17, 15) is 22.8 Å². The highest BCUT2D eigenvalue weighted by molar-refractivity contribution is 6.00. The fourth-order valence-corrected chi connectivity index (χ4v) is 2.69. The summed E-state index contributed by atoms with van der Waals surface area (Å²) < 4.78 is 42.8. The largest absolute Gasteiger partial charge is 0.416 e. The van der Waals surface area contributed by atoms with Crippen LogP contribution in [0.1, 0.15) is 43.1 Å². The highest BCUT2D eigenvalue weighted by Gasteiger charge is 2.30. The van der Waals surface area contributed by atoms with Crippen LogP contribution in [0.4, 0.5) is 13.2 Å². The van der Waals surface area contributed by atoms with E-state index in [1.165, 1.54) is 12.1 Å². The third kappa shape index (κ3) is 4.81. The Kier molecular flexibility index (Phi) is 5.67. The van der Waals surface area contributed by atoms with E-state index in [2.05, 4.69) is 20.5 Å². The number of hydrogen-bond donors (Lipinski definition) is 2. The number of halogens is 3. The molecule has 150 valence electrons. The second-order valence-corrected chi connectivity index (χ2v) is 6.25. The Balaban J connectivity index is 1.70. The highest BCUT2D eigenvalue weighted by Crippen LogP contribution is 2.29. The van der Waals surface area contributed by atoms with Gasteiger partial charge in [0.25, 0.3) is 11.8 Å². The first-order chi connectivity index (χ1) is 13.8. The first kappa shape index (κ1) is 20.1. The van der Waals surface area contributed by atoms with E-state index in [0.717, 1.165) is 18.4 Å². The van der Waals surface area contributed by atoms with E-state index in [0.29, 0.717) is 16.8 Å². The molecule has 0 aliphatic carbocycles. The monoisotopic (exact) mass is 403 g/mol. The molecule has 0 aliphatic heterocycles. The molecule has 1 heterocycles. The number of carbonyl (C=O) groups is 2. The topological polar surface area (TPSA) is 84.2 Å². The summed E-state index contributed by atoms with van der Waals surface area (Å²) in [5, 5.41) is 3.59. The molecule has 0 saturated heterocycles. The predicted molar refractivity (Wildman–Crippen MR) is 96.9 cm³/mol. The van der Waals surface area contributed by atoms with Gasteiger partial charge in [-0.1, -0.05) is 35.5 Å². The average Bonchev–Trinajstić information content (AvgIpc) is 3.12. The van der Waals surface area contributed by atoms with Crippen molar-refractivity contribution >= 4 is 11.8 Å². The lowest BCUT2D eigenvalue weighted by atomic mass is 9.98. The number of hydrogen-bond acceptors (Lipinski definition) is 4. The van der Waals surface area contributed by atoms with Crippen molar-refractivity contribution in [3.63, 3.8) is 0 Å². The van der Waals surface area contributed by atoms with Gasteiger partial charge >= 0.3 is 6.18 Å². The Morgan fingerprint density at radius 1 is 0.966 bits per heavy atom. The van der Waals surface area contributed by atoms with Crippen LogP contribution in [0.25, 0.3) is 0 Å². The molecule has 0 spiro atoms. The predicted octanol–water partition coefficient (Wildman–Crippen LogP) is 3.67. The number of aromatic nitrogens is 1. The van der Waals surface area contributed by atoms with E-state index >= 15 is 0 Å². The Morgan fingerprint density at radius 2 is 1.59 bits per heavy atom. The molecular weight excluding hydrogens is 387 g/mol. The number of nitrogens with one attached hydrogen (secondary N) is 2. The average molecular weight is 403 g/mol. The zero-order valence-electron chi connectivity index (χ0n) is 15.2. The van der Waals surface area contributed by atoms with Crippen LogP contribution in [-0.2, 0) is 12.6 Å². The molecule has 0 atom stereocenters. The van der Waals surface area contributed by atoms with Crippen molar-refractivity contribution in [2.75, 3.05) is 0 Å². The maximum Gasteiger partial charge on any atom is 0.416 e. The van der Waals surface area contributed by atoms with Gasteiger partial charge in [0.2, 0.25) is 0 Å². The molecule has 29 heavy (non-hydrogen) atoms. The summed E-state index contributed by atoms with van der Waals surface area (Å²) in [4.78, 5) is 24.5. The van der Waals surface area contributed by atoms with Crippen LogP contribution in [0, 0.1) is 6.92 Å². The Bertz CT molecular complexity index is 1030. The fourth-order valence-electron chi connectivity index (χ4n) is 2.69. The van der Waals surface area contributed by atoms with Gasteiger partial charge in [0.15, 0.2) is 0 Å². The maximum absolute atomic E-state index is 12.7. The molecule has 0 fully saturated rings. The SMILES string of the molecule is Cc1nocc1C(=O)NNC(=O)c1ccccc1Cc1ccc(C(F)(F)F)cc1. The van der Waals surface area contributed by atoms with Gasteiger partial charge in [-0.2, -0.15) is 13.2 Å². The Morgan fingerprint density at radius 3 is 2.17 bits per heavy atom. The van der Waals surface area contributed by atoms with Crippen LogP contribution in [-0.4, -0.2) is 17.0 Å². The van der Waals surface area contributed by atoms with Gasteiger partial charge in [0.05, 0.1) is 11.3 Å².